The molecule has 0 aliphatic rings. The molecule has 0 aliphatic carbocycles. The van der Waals surface area contributed by atoms with Gasteiger partial charge in [0.2, 0.25) is 0 Å². The molecule has 1 heterocycles. The third-order valence-corrected chi connectivity index (χ3v) is 1.84. The van der Waals surface area contributed by atoms with Crippen molar-refractivity contribution < 1.29 is 0 Å². The summed E-state index contributed by atoms with van der Waals surface area (Å²) in [6, 6.07) is 0. The van der Waals surface area contributed by atoms with E-state index in [-0.39, 0.29) is 0 Å². The molecular weight excluding hydrogens is 150 g/mol. The lowest BCUT2D eigenvalue weighted by molar-refractivity contribution is 0.659. The van der Waals surface area contributed by atoms with Crippen molar-refractivity contribution in [3.63, 3.8) is 0 Å². The van der Waals surface area contributed by atoms with Crippen molar-refractivity contribution in [1.29, 1.82) is 0 Å². The highest BCUT2D eigenvalue weighted by atomic mass is 15.3. The van der Waals surface area contributed by atoms with Crippen molar-refractivity contribution >= 4 is 5.57 Å². The van der Waals surface area contributed by atoms with Crippen LogP contribution in [-0.2, 0) is 6.54 Å². The number of hydrogen-bond donors (Lipinski definition) is 1. The summed E-state index contributed by atoms with van der Waals surface area (Å²) in [5.74, 6) is 0. The third kappa shape index (κ3) is 1.95. The summed E-state index contributed by atoms with van der Waals surface area (Å²) < 4.78 is 1.91. The average molecular weight is 165 g/mol. The molecular formula is C9H15N3. The van der Waals surface area contributed by atoms with Gasteiger partial charge in [0.1, 0.15) is 0 Å². The van der Waals surface area contributed by atoms with Crippen molar-refractivity contribution in [2.75, 3.05) is 6.54 Å². The first-order valence-electron chi connectivity index (χ1n) is 4.17. The summed E-state index contributed by atoms with van der Waals surface area (Å²) in [6.07, 6.45) is 5.89. The number of aryl methyl sites for hydroxylation is 1. The molecule has 0 bridgehead atoms. The number of aromatic nitrogens is 2. The maximum absolute atomic E-state index is 5.40. The Hall–Kier alpha value is -1.09. The van der Waals surface area contributed by atoms with Gasteiger partial charge in [-0.15, -0.1) is 0 Å². The Bertz CT molecular complexity index is 273. The van der Waals surface area contributed by atoms with Crippen LogP contribution >= 0.6 is 0 Å². The molecule has 0 aliphatic heterocycles. The molecule has 0 amide bonds. The Morgan fingerprint density at radius 2 is 2.50 bits per heavy atom. The Labute approximate surface area is 72.9 Å². The zero-order valence-corrected chi connectivity index (χ0v) is 7.62. The minimum atomic E-state index is 0.586. The summed E-state index contributed by atoms with van der Waals surface area (Å²) in [4.78, 5) is 0. The SMILES string of the molecule is CCn1cc(/C(C)=C/CN)cn1. The summed E-state index contributed by atoms with van der Waals surface area (Å²) in [6.45, 7) is 5.61. The second kappa shape index (κ2) is 4.07. The van der Waals surface area contributed by atoms with Crippen molar-refractivity contribution in [2.45, 2.75) is 20.4 Å². The lowest BCUT2D eigenvalue weighted by atomic mass is 10.1. The second-order valence-corrected chi connectivity index (χ2v) is 2.71. The van der Waals surface area contributed by atoms with E-state index < -0.39 is 0 Å². The molecule has 2 N–H and O–H groups in total. The van der Waals surface area contributed by atoms with Gasteiger partial charge in [0.15, 0.2) is 0 Å². The number of nitrogens with two attached hydrogens (primary N) is 1. The fraction of sp³-hybridized carbons (Fsp3) is 0.444. The molecule has 66 valence electrons. The van der Waals surface area contributed by atoms with E-state index in [0.717, 1.165) is 12.1 Å². The maximum Gasteiger partial charge on any atom is 0.0564 e. The molecule has 3 heteroatoms. The summed E-state index contributed by atoms with van der Waals surface area (Å²) in [5, 5.41) is 4.17. The third-order valence-electron chi connectivity index (χ3n) is 1.84. The van der Waals surface area contributed by atoms with Crippen LogP contribution in [0.1, 0.15) is 19.4 Å². The first-order chi connectivity index (χ1) is 5.77. The first kappa shape index (κ1) is 9.00. The quantitative estimate of drug-likeness (QED) is 0.733. The standard InChI is InChI=1S/C9H15N3/c1-3-12-7-9(6-11-12)8(2)4-5-10/h4,6-7H,3,5,10H2,1-2H3/b8-4+. The van der Waals surface area contributed by atoms with Crippen molar-refractivity contribution in [3.05, 3.63) is 24.0 Å². The predicted octanol–water partition coefficient (Wildman–Crippen LogP) is 1.26. The van der Waals surface area contributed by atoms with Crippen LogP contribution in [0, 0.1) is 0 Å². The van der Waals surface area contributed by atoms with Gasteiger partial charge >= 0.3 is 0 Å². The normalized spacial score (nSPS) is 12.1. The molecule has 1 aromatic heterocycles. The largest absolute Gasteiger partial charge is 0.327 e. The molecule has 0 aromatic carbocycles. The van der Waals surface area contributed by atoms with Gasteiger partial charge in [-0.2, -0.15) is 5.10 Å². The molecule has 0 fully saturated rings. The smallest absolute Gasteiger partial charge is 0.0564 e. The minimum absolute atomic E-state index is 0.586. The zero-order valence-electron chi connectivity index (χ0n) is 7.62. The second-order valence-electron chi connectivity index (χ2n) is 2.71. The van der Waals surface area contributed by atoms with E-state index >= 15 is 0 Å². The van der Waals surface area contributed by atoms with Crippen LogP contribution in [0.15, 0.2) is 18.5 Å². The van der Waals surface area contributed by atoms with Crippen LogP contribution in [0.2, 0.25) is 0 Å². The maximum atomic E-state index is 5.40. The zero-order chi connectivity index (χ0) is 8.97. The van der Waals surface area contributed by atoms with Gasteiger partial charge in [0.05, 0.1) is 6.20 Å². The van der Waals surface area contributed by atoms with Crippen molar-refractivity contribution in [3.8, 4) is 0 Å². The molecule has 0 spiro atoms. The highest BCUT2D eigenvalue weighted by molar-refractivity contribution is 5.62. The molecule has 1 rings (SSSR count). The minimum Gasteiger partial charge on any atom is -0.327 e. The van der Waals surface area contributed by atoms with E-state index in [1.807, 2.05) is 30.1 Å². The Kier molecular flexibility index (Phi) is 3.05. The van der Waals surface area contributed by atoms with Gasteiger partial charge in [-0.3, -0.25) is 4.68 Å². The first-order valence-corrected chi connectivity index (χ1v) is 4.17. The van der Waals surface area contributed by atoms with Crippen LogP contribution < -0.4 is 5.73 Å². The van der Waals surface area contributed by atoms with Crippen LogP contribution in [0.4, 0.5) is 0 Å². The molecule has 1 aromatic rings. The fourth-order valence-electron chi connectivity index (χ4n) is 1.03. The van der Waals surface area contributed by atoms with E-state index in [0.29, 0.717) is 6.54 Å². The van der Waals surface area contributed by atoms with E-state index in [1.54, 1.807) is 0 Å². The van der Waals surface area contributed by atoms with Gasteiger partial charge < -0.3 is 5.73 Å². The number of hydrogen-bond acceptors (Lipinski definition) is 2. The molecule has 0 saturated heterocycles. The topological polar surface area (TPSA) is 43.8 Å². The van der Waals surface area contributed by atoms with Gasteiger partial charge in [-0.05, 0) is 19.4 Å². The monoisotopic (exact) mass is 165 g/mol. The fourth-order valence-corrected chi connectivity index (χ4v) is 1.03. The highest BCUT2D eigenvalue weighted by Gasteiger charge is 1.97. The molecule has 0 saturated carbocycles. The van der Waals surface area contributed by atoms with E-state index in [4.69, 9.17) is 5.73 Å². The summed E-state index contributed by atoms with van der Waals surface area (Å²) in [7, 11) is 0. The van der Waals surface area contributed by atoms with Crippen molar-refractivity contribution in [1.82, 2.24) is 9.78 Å². The van der Waals surface area contributed by atoms with Gasteiger partial charge in [-0.25, -0.2) is 0 Å². The average Bonchev–Trinajstić information content (AvgIpc) is 2.52. The molecule has 0 radical (unpaired) electrons. The number of rotatable bonds is 3. The van der Waals surface area contributed by atoms with Gasteiger partial charge in [0, 0.05) is 24.8 Å². The van der Waals surface area contributed by atoms with E-state index in [1.165, 1.54) is 5.57 Å². The molecule has 3 nitrogen and oxygen atoms in total. The lowest BCUT2D eigenvalue weighted by Crippen LogP contribution is -1.94. The number of allylic oxidation sites excluding steroid dienone is 1. The summed E-state index contributed by atoms with van der Waals surface area (Å²) in [5.41, 5.74) is 7.75. The highest BCUT2D eigenvalue weighted by Crippen LogP contribution is 2.11. The lowest BCUT2D eigenvalue weighted by Gasteiger charge is -1.94. The predicted molar refractivity (Wildman–Crippen MR) is 50.6 cm³/mol. The Morgan fingerprint density at radius 3 is 3.00 bits per heavy atom. The van der Waals surface area contributed by atoms with Gasteiger partial charge in [-0.1, -0.05) is 6.08 Å². The summed E-state index contributed by atoms with van der Waals surface area (Å²) >= 11 is 0. The molecule has 0 atom stereocenters. The van der Waals surface area contributed by atoms with Gasteiger partial charge in [0.25, 0.3) is 0 Å². The van der Waals surface area contributed by atoms with E-state index in [9.17, 15) is 0 Å². The van der Waals surface area contributed by atoms with Crippen LogP contribution in [0.5, 0.6) is 0 Å². The van der Waals surface area contributed by atoms with Crippen molar-refractivity contribution in [2.24, 2.45) is 5.73 Å². The van der Waals surface area contributed by atoms with Crippen LogP contribution in [-0.4, -0.2) is 16.3 Å². The Balaban J connectivity index is 2.81. The Morgan fingerprint density at radius 1 is 1.75 bits per heavy atom. The van der Waals surface area contributed by atoms with Crippen LogP contribution in [0.25, 0.3) is 5.57 Å². The molecule has 12 heavy (non-hydrogen) atoms. The molecule has 0 unspecified atom stereocenters. The van der Waals surface area contributed by atoms with E-state index in [2.05, 4.69) is 12.0 Å². The number of nitrogens with zero attached hydrogens (tertiary/aromatic N) is 2. The van der Waals surface area contributed by atoms with Crippen LogP contribution in [0.3, 0.4) is 0 Å².